The lowest BCUT2D eigenvalue weighted by atomic mass is 10.0. The van der Waals surface area contributed by atoms with Crippen molar-refractivity contribution >= 4 is 22.1 Å². The number of hydrogen-bond donors (Lipinski definition) is 1. The van der Waals surface area contributed by atoms with E-state index in [2.05, 4.69) is 40.7 Å². The van der Waals surface area contributed by atoms with Gasteiger partial charge in [-0.2, -0.15) is 0 Å². The first kappa shape index (κ1) is 16.6. The van der Waals surface area contributed by atoms with Gasteiger partial charge in [0.1, 0.15) is 11.2 Å². The molecule has 1 N–H and O–H groups in total. The predicted molar refractivity (Wildman–Crippen MR) is 97.4 cm³/mol. The third kappa shape index (κ3) is 3.06. The summed E-state index contributed by atoms with van der Waals surface area (Å²) in [6.45, 7) is 6.28. The third-order valence-electron chi connectivity index (χ3n) is 4.38. The summed E-state index contributed by atoms with van der Waals surface area (Å²) in [7, 11) is 2.12. The lowest BCUT2D eigenvalue weighted by molar-refractivity contribution is 0.221. The number of piperidine rings is 1. The van der Waals surface area contributed by atoms with E-state index in [-0.39, 0.29) is 11.6 Å². The van der Waals surface area contributed by atoms with Gasteiger partial charge in [0.25, 0.3) is 5.56 Å². The molecular formula is C18H25N5O. The lowest BCUT2D eigenvalue weighted by Gasteiger charge is -2.30. The van der Waals surface area contributed by atoms with E-state index in [4.69, 9.17) is 0 Å². The summed E-state index contributed by atoms with van der Waals surface area (Å²) in [5, 5.41) is 0.969. The Balaban J connectivity index is 0.000000526. The second kappa shape index (κ2) is 7.13. The maximum absolute atomic E-state index is 12.4. The molecule has 0 amide bonds. The number of fused-ring (bicyclic) bond motifs is 3. The van der Waals surface area contributed by atoms with Crippen LogP contribution in [0.25, 0.3) is 22.1 Å². The van der Waals surface area contributed by atoms with Crippen LogP contribution in [0.2, 0.25) is 0 Å². The van der Waals surface area contributed by atoms with Gasteiger partial charge in [0.2, 0.25) is 0 Å². The van der Waals surface area contributed by atoms with Gasteiger partial charge in [-0.25, -0.2) is 9.97 Å². The minimum Gasteiger partial charge on any atom is -0.346 e. The van der Waals surface area contributed by atoms with Crippen molar-refractivity contribution in [2.45, 2.75) is 39.2 Å². The summed E-state index contributed by atoms with van der Waals surface area (Å²) in [6, 6.07) is 2.21. The Labute approximate surface area is 141 Å². The van der Waals surface area contributed by atoms with Crippen LogP contribution in [0, 0.1) is 0 Å². The molecule has 0 radical (unpaired) electrons. The number of aromatic amines is 1. The van der Waals surface area contributed by atoms with Gasteiger partial charge in [-0.3, -0.25) is 4.79 Å². The fourth-order valence-electron chi connectivity index (χ4n) is 3.24. The van der Waals surface area contributed by atoms with E-state index in [1.54, 1.807) is 6.20 Å². The van der Waals surface area contributed by atoms with Crippen molar-refractivity contribution in [3.8, 4) is 0 Å². The van der Waals surface area contributed by atoms with Crippen LogP contribution in [-0.4, -0.2) is 44.6 Å². The summed E-state index contributed by atoms with van der Waals surface area (Å²) in [5.74, 6) is 0. The van der Waals surface area contributed by atoms with E-state index < -0.39 is 0 Å². The Kier molecular flexibility index (Phi) is 4.94. The average molecular weight is 327 g/mol. The van der Waals surface area contributed by atoms with Crippen LogP contribution in [0.5, 0.6) is 0 Å². The molecule has 0 spiro atoms. The lowest BCUT2D eigenvalue weighted by Crippen LogP contribution is -2.35. The fraction of sp³-hybridized carbons (Fsp3) is 0.500. The van der Waals surface area contributed by atoms with Crippen LogP contribution < -0.4 is 5.56 Å². The van der Waals surface area contributed by atoms with Crippen LogP contribution in [0.1, 0.15) is 39.2 Å². The number of nitrogens with zero attached hydrogens (tertiary/aromatic N) is 4. The van der Waals surface area contributed by atoms with Crippen molar-refractivity contribution in [1.29, 1.82) is 0 Å². The number of aromatic nitrogens is 4. The number of likely N-dealkylation sites (tertiary alicyclic amines) is 1. The van der Waals surface area contributed by atoms with Crippen LogP contribution in [-0.2, 0) is 0 Å². The largest absolute Gasteiger partial charge is 0.346 e. The van der Waals surface area contributed by atoms with E-state index in [0.29, 0.717) is 0 Å². The summed E-state index contributed by atoms with van der Waals surface area (Å²) in [5.41, 5.74) is 2.46. The SMILES string of the molecule is CCC.CN1CCC(n2c(=O)cnc3cnc4[nH]ccc4c32)CC1. The Morgan fingerprint density at radius 3 is 2.62 bits per heavy atom. The smallest absolute Gasteiger partial charge is 0.269 e. The molecule has 0 bridgehead atoms. The number of hydrogen-bond acceptors (Lipinski definition) is 4. The first-order valence-electron chi connectivity index (χ1n) is 8.67. The van der Waals surface area contributed by atoms with Crippen molar-refractivity contribution in [2.24, 2.45) is 0 Å². The second-order valence-corrected chi connectivity index (χ2v) is 6.44. The van der Waals surface area contributed by atoms with Crippen LogP contribution >= 0.6 is 0 Å². The minimum atomic E-state index is -0.0225. The first-order chi connectivity index (χ1) is 11.7. The van der Waals surface area contributed by atoms with Gasteiger partial charge >= 0.3 is 0 Å². The Bertz CT molecular complexity index is 874. The molecule has 128 valence electrons. The van der Waals surface area contributed by atoms with Crippen molar-refractivity contribution in [1.82, 2.24) is 24.4 Å². The molecule has 0 atom stereocenters. The molecule has 1 fully saturated rings. The first-order valence-corrected chi connectivity index (χ1v) is 8.67. The van der Waals surface area contributed by atoms with Crippen molar-refractivity contribution in [3.63, 3.8) is 0 Å². The van der Waals surface area contributed by atoms with E-state index in [1.165, 1.54) is 12.6 Å². The second-order valence-electron chi connectivity index (χ2n) is 6.44. The summed E-state index contributed by atoms with van der Waals surface area (Å²) in [6.07, 6.45) is 8.24. The standard InChI is InChI=1S/C15H17N5O.C3H8/c1-19-6-3-10(4-7-19)20-13(21)9-17-12-8-18-15-11(14(12)20)2-5-16-15;1-3-2/h2,5,8-10H,3-4,6-7H2,1H3,(H,16,18);3H2,1-2H3. The quantitative estimate of drug-likeness (QED) is 0.746. The van der Waals surface area contributed by atoms with Gasteiger partial charge < -0.3 is 14.5 Å². The molecule has 3 aromatic heterocycles. The molecule has 0 saturated carbocycles. The maximum atomic E-state index is 12.4. The van der Waals surface area contributed by atoms with Crippen molar-refractivity contribution < 1.29 is 0 Å². The topological polar surface area (TPSA) is 66.8 Å². The molecule has 4 heterocycles. The Morgan fingerprint density at radius 1 is 1.21 bits per heavy atom. The molecule has 24 heavy (non-hydrogen) atoms. The van der Waals surface area contributed by atoms with Crippen LogP contribution in [0.15, 0.2) is 29.5 Å². The van der Waals surface area contributed by atoms with Gasteiger partial charge in [0.05, 0.1) is 17.9 Å². The van der Waals surface area contributed by atoms with E-state index >= 15 is 0 Å². The molecule has 4 rings (SSSR count). The highest BCUT2D eigenvalue weighted by molar-refractivity contribution is 6.00. The van der Waals surface area contributed by atoms with Crippen molar-refractivity contribution in [2.75, 3.05) is 20.1 Å². The maximum Gasteiger partial charge on any atom is 0.269 e. The molecule has 1 aliphatic rings. The van der Waals surface area contributed by atoms with Gasteiger partial charge in [-0.05, 0) is 39.0 Å². The summed E-state index contributed by atoms with van der Waals surface area (Å²) < 4.78 is 1.92. The highest BCUT2D eigenvalue weighted by Gasteiger charge is 2.22. The van der Waals surface area contributed by atoms with Gasteiger partial charge in [-0.15, -0.1) is 0 Å². The number of rotatable bonds is 1. The summed E-state index contributed by atoms with van der Waals surface area (Å²) >= 11 is 0. The molecule has 3 aromatic rings. The van der Waals surface area contributed by atoms with Gasteiger partial charge in [0.15, 0.2) is 0 Å². The third-order valence-corrected chi connectivity index (χ3v) is 4.38. The number of H-pyrrole nitrogens is 1. The highest BCUT2D eigenvalue weighted by Crippen LogP contribution is 2.27. The summed E-state index contributed by atoms with van der Waals surface area (Å²) in [4.78, 5) is 26.5. The molecule has 1 aliphatic heterocycles. The number of nitrogens with one attached hydrogen (secondary N) is 1. The molecule has 0 unspecified atom stereocenters. The normalized spacial score (nSPS) is 16.3. The zero-order valence-electron chi connectivity index (χ0n) is 14.6. The molecule has 6 heteroatoms. The van der Waals surface area contributed by atoms with E-state index in [1.807, 2.05) is 16.8 Å². The van der Waals surface area contributed by atoms with E-state index in [9.17, 15) is 4.79 Å². The minimum absolute atomic E-state index is 0.0225. The number of pyridine rings is 1. The van der Waals surface area contributed by atoms with Crippen LogP contribution in [0.3, 0.4) is 0 Å². The molecule has 0 aliphatic carbocycles. The Morgan fingerprint density at radius 2 is 1.92 bits per heavy atom. The molecular weight excluding hydrogens is 302 g/mol. The van der Waals surface area contributed by atoms with Gasteiger partial charge in [0, 0.05) is 17.6 Å². The average Bonchev–Trinajstić information content (AvgIpc) is 3.05. The molecule has 1 saturated heterocycles. The molecule has 6 nitrogen and oxygen atoms in total. The predicted octanol–water partition coefficient (Wildman–Crippen LogP) is 2.96. The Hall–Kier alpha value is -2.21. The van der Waals surface area contributed by atoms with Crippen LogP contribution in [0.4, 0.5) is 0 Å². The fourth-order valence-corrected chi connectivity index (χ4v) is 3.24. The monoisotopic (exact) mass is 327 g/mol. The van der Waals surface area contributed by atoms with Gasteiger partial charge in [-0.1, -0.05) is 20.3 Å². The zero-order valence-corrected chi connectivity index (χ0v) is 14.6. The van der Waals surface area contributed by atoms with E-state index in [0.717, 1.165) is 48.0 Å². The zero-order chi connectivity index (χ0) is 17.1. The molecule has 0 aromatic carbocycles. The van der Waals surface area contributed by atoms with Crippen molar-refractivity contribution in [3.05, 3.63) is 35.0 Å². The highest BCUT2D eigenvalue weighted by atomic mass is 16.1.